The molecule has 0 aromatic rings. The van der Waals surface area contributed by atoms with E-state index in [0.717, 1.165) is 0 Å². The molecule has 8 nitrogen and oxygen atoms in total. The molecule has 0 aliphatic heterocycles. The monoisotopic (exact) mass is 330 g/mol. The van der Waals surface area contributed by atoms with Crippen LogP contribution in [0.1, 0.15) is 25.7 Å². The quantitative estimate of drug-likeness (QED) is 0.342. The molecule has 0 aliphatic carbocycles. The summed E-state index contributed by atoms with van der Waals surface area (Å²) in [7, 11) is 0. The molecule has 0 fully saturated rings. The second kappa shape index (κ2) is 19.5. The molecule has 0 saturated heterocycles. The van der Waals surface area contributed by atoms with Gasteiger partial charge in [0.1, 0.15) is 12.1 Å². The summed E-state index contributed by atoms with van der Waals surface area (Å²) in [6, 6.07) is 2.58. The van der Waals surface area contributed by atoms with Gasteiger partial charge in [0.05, 0.1) is 0 Å². The average molecular weight is 330 g/mol. The van der Waals surface area contributed by atoms with E-state index in [4.69, 9.17) is 10.5 Å². The minimum Gasteiger partial charge on any atom is -0.550 e. The van der Waals surface area contributed by atoms with E-state index in [1.807, 2.05) is 0 Å². The summed E-state index contributed by atoms with van der Waals surface area (Å²) < 4.78 is 0. The summed E-state index contributed by atoms with van der Waals surface area (Å²) in [4.78, 5) is 39.4. The molecule has 0 aliphatic rings. The third-order valence-electron chi connectivity index (χ3n) is 1.36. The Morgan fingerprint density at radius 3 is 1.10 bits per heavy atom. The molecular formula is C10H8K2N2O6. The Balaban J connectivity index is -0.000000116. The van der Waals surface area contributed by atoms with E-state index in [-0.39, 0.29) is 128 Å². The summed E-state index contributed by atoms with van der Waals surface area (Å²) in [6.07, 6.45) is -1.24. The van der Waals surface area contributed by atoms with Crippen LogP contribution in [0.5, 0.6) is 0 Å². The normalized spacial score (nSPS) is 7.10. The molecule has 0 heterocycles. The Labute approximate surface area is 200 Å². The largest absolute Gasteiger partial charge is 1.00 e. The number of hydrogen-bond acceptors (Lipinski definition) is 8. The van der Waals surface area contributed by atoms with Crippen molar-refractivity contribution in [1.29, 1.82) is 10.5 Å². The topological polar surface area (TPSA) is 162 Å². The molecule has 0 aromatic carbocycles. The maximum Gasteiger partial charge on any atom is 1.00 e. The Hall–Kier alpha value is 0.533. The van der Waals surface area contributed by atoms with Crippen LogP contribution in [-0.2, 0) is 19.2 Å². The Morgan fingerprint density at radius 2 is 0.950 bits per heavy atom. The van der Waals surface area contributed by atoms with Gasteiger partial charge in [-0.3, -0.25) is 9.59 Å². The Morgan fingerprint density at radius 1 is 0.700 bits per heavy atom. The third kappa shape index (κ3) is 27.0. The van der Waals surface area contributed by atoms with Gasteiger partial charge in [0, 0.05) is 24.8 Å². The standard InChI is InChI=1S/2C5H5NO3.2K/c2*6-3-4(7)1-2-5(8)9;;/h2*1-2H2,(H,8,9);;/q;;2*+1/p-2. The molecule has 96 valence electrons. The molecule has 0 bridgehead atoms. The van der Waals surface area contributed by atoms with Gasteiger partial charge in [-0.15, -0.1) is 0 Å². The predicted octanol–water partition coefficient (Wildman–Crippen LogP) is -8.77. The molecule has 0 unspecified atom stereocenters. The molecule has 0 rings (SSSR count). The van der Waals surface area contributed by atoms with Gasteiger partial charge in [-0.2, -0.15) is 10.5 Å². The zero-order chi connectivity index (χ0) is 14.6. The molecule has 0 aromatic heterocycles. The number of carboxylic acid groups (broad SMARTS) is 2. The van der Waals surface area contributed by atoms with Crippen molar-refractivity contribution < 1.29 is 132 Å². The first-order valence-corrected chi connectivity index (χ1v) is 4.59. The maximum atomic E-state index is 10.1. The van der Waals surface area contributed by atoms with Crippen LogP contribution in [0.4, 0.5) is 0 Å². The van der Waals surface area contributed by atoms with Crippen molar-refractivity contribution in [3.8, 4) is 12.1 Å². The molecule has 0 radical (unpaired) electrons. The van der Waals surface area contributed by atoms with Crippen LogP contribution in [0, 0.1) is 22.7 Å². The van der Waals surface area contributed by atoms with Crippen LogP contribution < -0.4 is 113 Å². The van der Waals surface area contributed by atoms with Crippen molar-refractivity contribution in [3.05, 3.63) is 0 Å². The van der Waals surface area contributed by atoms with Crippen molar-refractivity contribution >= 4 is 23.5 Å². The fourth-order valence-electron chi connectivity index (χ4n) is 0.543. The summed E-state index contributed by atoms with van der Waals surface area (Å²) in [6.45, 7) is 0. The smallest absolute Gasteiger partial charge is 0.550 e. The number of aliphatic carboxylic acids is 2. The number of carboxylic acids is 2. The fraction of sp³-hybridized carbons (Fsp3) is 0.400. The van der Waals surface area contributed by atoms with Gasteiger partial charge in [0.15, 0.2) is 0 Å². The number of ketones is 2. The van der Waals surface area contributed by atoms with E-state index in [2.05, 4.69) is 0 Å². The predicted molar refractivity (Wildman–Crippen MR) is 49.7 cm³/mol. The maximum absolute atomic E-state index is 10.1. The second-order valence-electron chi connectivity index (χ2n) is 2.81. The van der Waals surface area contributed by atoms with Crippen molar-refractivity contribution in [2.45, 2.75) is 25.7 Å². The van der Waals surface area contributed by atoms with Gasteiger partial charge in [-0.05, 0) is 12.8 Å². The van der Waals surface area contributed by atoms with Crippen molar-refractivity contribution in [1.82, 2.24) is 0 Å². The van der Waals surface area contributed by atoms with Gasteiger partial charge >= 0.3 is 103 Å². The first-order chi connectivity index (χ1) is 8.33. The van der Waals surface area contributed by atoms with Crippen LogP contribution in [-0.4, -0.2) is 23.5 Å². The van der Waals surface area contributed by atoms with Gasteiger partial charge < -0.3 is 19.8 Å². The number of carbonyl (C=O) groups is 4. The van der Waals surface area contributed by atoms with Crippen LogP contribution in [0.2, 0.25) is 0 Å². The van der Waals surface area contributed by atoms with E-state index in [0.29, 0.717) is 0 Å². The number of carbonyl (C=O) groups excluding carboxylic acids is 4. The summed E-state index contributed by atoms with van der Waals surface area (Å²) in [5.41, 5.74) is 0. The van der Waals surface area contributed by atoms with Crippen LogP contribution >= 0.6 is 0 Å². The number of rotatable bonds is 6. The van der Waals surface area contributed by atoms with Crippen molar-refractivity contribution in [2.24, 2.45) is 0 Å². The summed E-state index contributed by atoms with van der Waals surface area (Å²) >= 11 is 0. The zero-order valence-electron chi connectivity index (χ0n) is 11.2. The van der Waals surface area contributed by atoms with Crippen molar-refractivity contribution in [2.75, 3.05) is 0 Å². The molecule has 20 heavy (non-hydrogen) atoms. The molecule has 0 atom stereocenters. The third-order valence-corrected chi connectivity index (χ3v) is 1.36. The van der Waals surface area contributed by atoms with Crippen molar-refractivity contribution in [3.63, 3.8) is 0 Å². The number of hydrogen-bond donors (Lipinski definition) is 0. The minimum absolute atomic E-state index is 0. The van der Waals surface area contributed by atoms with Crippen LogP contribution in [0.15, 0.2) is 0 Å². The molecular weight excluding hydrogens is 322 g/mol. The van der Waals surface area contributed by atoms with E-state index >= 15 is 0 Å². The number of Topliss-reactive ketones (excluding diaryl/α,β-unsaturated/α-hetero) is 2. The first kappa shape index (κ1) is 28.7. The minimum atomic E-state index is -1.31. The molecule has 0 spiro atoms. The fourth-order valence-corrected chi connectivity index (χ4v) is 0.543. The Bertz CT molecular complexity index is 384. The zero-order valence-corrected chi connectivity index (χ0v) is 17.4. The first-order valence-electron chi connectivity index (χ1n) is 4.59. The van der Waals surface area contributed by atoms with E-state index in [9.17, 15) is 29.4 Å². The van der Waals surface area contributed by atoms with E-state index < -0.39 is 23.5 Å². The molecule has 0 amide bonds. The molecule has 0 N–H and O–H groups in total. The van der Waals surface area contributed by atoms with Gasteiger partial charge in [-0.25, -0.2) is 0 Å². The SMILES string of the molecule is N#CC(=O)CCC(=O)[O-].N#CC(=O)CCC(=O)[O-].[K+].[K+]. The summed E-state index contributed by atoms with van der Waals surface area (Å²) in [5.74, 6) is -4.06. The number of nitriles is 2. The van der Waals surface area contributed by atoms with Gasteiger partial charge in [-0.1, -0.05) is 0 Å². The second-order valence-corrected chi connectivity index (χ2v) is 2.81. The summed E-state index contributed by atoms with van der Waals surface area (Å²) in [5, 5.41) is 35.0. The van der Waals surface area contributed by atoms with Gasteiger partial charge in [0.2, 0.25) is 11.6 Å². The van der Waals surface area contributed by atoms with Gasteiger partial charge in [0.25, 0.3) is 0 Å². The Kier molecular flexibility index (Phi) is 28.0. The molecule has 0 saturated carbocycles. The average Bonchev–Trinajstić information content (AvgIpc) is 2.33. The molecule has 10 heteroatoms. The van der Waals surface area contributed by atoms with Crippen LogP contribution in [0.3, 0.4) is 0 Å². The van der Waals surface area contributed by atoms with Crippen LogP contribution in [0.25, 0.3) is 0 Å². The van der Waals surface area contributed by atoms with E-state index in [1.54, 1.807) is 0 Å². The van der Waals surface area contributed by atoms with E-state index in [1.165, 1.54) is 12.1 Å². The number of nitrogens with zero attached hydrogens (tertiary/aromatic N) is 2.